The summed E-state index contributed by atoms with van der Waals surface area (Å²) in [4.78, 5) is 34.8. The van der Waals surface area contributed by atoms with Gasteiger partial charge >= 0.3 is 6.09 Å². The average Bonchev–Trinajstić information content (AvgIpc) is 3.23. The molecule has 8 heteroatoms. The number of unbranched alkanes of at least 4 members (excludes halogenated alkanes) is 1. The minimum absolute atomic E-state index is 0.0152. The Morgan fingerprint density at radius 1 is 1.24 bits per heavy atom. The number of hydrogen-bond acceptors (Lipinski definition) is 4. The Kier molecular flexibility index (Phi) is 6.09. The second-order valence-electron chi connectivity index (χ2n) is 10.1. The van der Waals surface area contributed by atoms with Gasteiger partial charge in [0.05, 0.1) is 24.0 Å². The van der Waals surface area contributed by atoms with E-state index in [1.165, 1.54) is 24.2 Å². The SMILES string of the molecule is CCCCn1c(CN2C(=O)C3(CN(C(=O)OC(C)C)C3)c3ccc(Cl)cc32)nc2c1CCCC2. The Labute approximate surface area is 206 Å². The molecule has 0 unspecified atom stereocenters. The Hall–Kier alpha value is -2.54. The van der Waals surface area contributed by atoms with Gasteiger partial charge in [-0.25, -0.2) is 9.78 Å². The molecule has 1 aliphatic carbocycles. The molecular formula is C26H33ClN4O3. The largest absolute Gasteiger partial charge is 0.447 e. The minimum atomic E-state index is -0.740. The van der Waals surface area contributed by atoms with Crippen LogP contribution in [-0.4, -0.2) is 45.6 Å². The van der Waals surface area contributed by atoms with Gasteiger partial charge in [-0.2, -0.15) is 0 Å². The fourth-order valence-electron chi connectivity index (χ4n) is 5.59. The van der Waals surface area contributed by atoms with Crippen LogP contribution >= 0.6 is 11.6 Å². The van der Waals surface area contributed by atoms with Gasteiger partial charge in [0.2, 0.25) is 5.91 Å². The lowest BCUT2D eigenvalue weighted by Crippen LogP contribution is -2.65. The van der Waals surface area contributed by atoms with Crippen molar-refractivity contribution in [2.75, 3.05) is 18.0 Å². The number of nitrogens with zero attached hydrogens (tertiary/aromatic N) is 4. The van der Waals surface area contributed by atoms with E-state index < -0.39 is 5.41 Å². The van der Waals surface area contributed by atoms with Crippen LogP contribution in [0.25, 0.3) is 0 Å². The maximum atomic E-state index is 13.9. The molecule has 182 valence electrons. The number of aryl methyl sites for hydroxylation is 1. The number of carbonyl (C=O) groups is 2. The topological polar surface area (TPSA) is 67.7 Å². The lowest BCUT2D eigenvalue weighted by Gasteiger charge is -2.46. The van der Waals surface area contributed by atoms with Gasteiger partial charge in [-0.3, -0.25) is 4.79 Å². The maximum absolute atomic E-state index is 13.9. The Bertz CT molecular complexity index is 1120. The lowest BCUT2D eigenvalue weighted by molar-refractivity contribution is -0.128. The molecule has 1 aromatic carbocycles. The van der Waals surface area contributed by atoms with E-state index in [0.29, 0.717) is 24.7 Å². The third-order valence-corrected chi connectivity index (χ3v) is 7.52. The number of aromatic nitrogens is 2. The van der Waals surface area contributed by atoms with E-state index in [1.54, 1.807) is 4.90 Å². The highest BCUT2D eigenvalue weighted by Gasteiger charge is 2.59. The van der Waals surface area contributed by atoms with Crippen LogP contribution in [0, 0.1) is 0 Å². The third kappa shape index (κ3) is 3.78. The molecule has 2 aromatic rings. The minimum Gasteiger partial charge on any atom is -0.447 e. The van der Waals surface area contributed by atoms with Crippen molar-refractivity contribution in [1.29, 1.82) is 0 Å². The van der Waals surface area contributed by atoms with Crippen molar-refractivity contribution in [2.45, 2.75) is 83.9 Å². The Balaban J connectivity index is 1.46. The predicted octanol–water partition coefficient (Wildman–Crippen LogP) is 4.86. The van der Waals surface area contributed by atoms with Crippen molar-refractivity contribution in [3.8, 4) is 0 Å². The molecule has 0 bridgehead atoms. The highest BCUT2D eigenvalue weighted by molar-refractivity contribution is 6.31. The monoisotopic (exact) mass is 484 g/mol. The highest BCUT2D eigenvalue weighted by Crippen LogP contribution is 2.49. The number of fused-ring (bicyclic) bond motifs is 3. The summed E-state index contributed by atoms with van der Waals surface area (Å²) in [6.45, 7) is 7.84. The summed E-state index contributed by atoms with van der Waals surface area (Å²) in [6, 6.07) is 5.64. The van der Waals surface area contributed by atoms with Crippen molar-refractivity contribution in [3.63, 3.8) is 0 Å². The smallest absolute Gasteiger partial charge is 0.410 e. The first kappa shape index (κ1) is 23.2. The molecule has 1 spiro atoms. The zero-order valence-electron chi connectivity index (χ0n) is 20.3. The fraction of sp³-hybridized carbons (Fsp3) is 0.577. The normalized spacial score (nSPS) is 18.3. The summed E-state index contributed by atoms with van der Waals surface area (Å²) >= 11 is 6.37. The van der Waals surface area contributed by atoms with E-state index in [1.807, 2.05) is 36.9 Å². The first-order valence-corrected chi connectivity index (χ1v) is 12.9. The molecule has 3 aliphatic rings. The summed E-state index contributed by atoms with van der Waals surface area (Å²) in [6.07, 6.45) is 6.06. The second-order valence-corrected chi connectivity index (χ2v) is 10.5. The predicted molar refractivity (Wildman–Crippen MR) is 131 cm³/mol. The van der Waals surface area contributed by atoms with E-state index >= 15 is 0 Å². The van der Waals surface area contributed by atoms with Crippen molar-refractivity contribution < 1.29 is 14.3 Å². The molecule has 1 saturated heterocycles. The molecule has 2 aliphatic heterocycles. The first-order valence-electron chi connectivity index (χ1n) is 12.5. The van der Waals surface area contributed by atoms with Crippen molar-refractivity contribution in [1.82, 2.24) is 14.5 Å². The molecule has 0 atom stereocenters. The fourth-order valence-corrected chi connectivity index (χ4v) is 5.75. The van der Waals surface area contributed by atoms with E-state index in [9.17, 15) is 9.59 Å². The van der Waals surface area contributed by atoms with E-state index in [0.717, 1.165) is 49.3 Å². The van der Waals surface area contributed by atoms with Gasteiger partial charge in [-0.1, -0.05) is 31.0 Å². The van der Waals surface area contributed by atoms with Crippen LogP contribution in [-0.2, 0) is 40.9 Å². The van der Waals surface area contributed by atoms with Gasteiger partial charge in [0.25, 0.3) is 0 Å². The number of amides is 2. The van der Waals surface area contributed by atoms with Crippen LogP contribution < -0.4 is 4.90 Å². The number of rotatable bonds is 6. The zero-order chi connectivity index (χ0) is 24.0. The molecule has 34 heavy (non-hydrogen) atoms. The molecule has 3 heterocycles. The quantitative estimate of drug-likeness (QED) is 0.587. The van der Waals surface area contributed by atoms with Gasteiger partial charge in [0, 0.05) is 30.4 Å². The Morgan fingerprint density at radius 3 is 2.74 bits per heavy atom. The average molecular weight is 485 g/mol. The van der Waals surface area contributed by atoms with Gasteiger partial charge in [0.1, 0.15) is 11.2 Å². The molecule has 1 fully saturated rings. The van der Waals surface area contributed by atoms with Crippen LogP contribution in [0.4, 0.5) is 10.5 Å². The maximum Gasteiger partial charge on any atom is 0.410 e. The summed E-state index contributed by atoms with van der Waals surface area (Å²) in [5.74, 6) is 0.966. The number of halogens is 1. The number of anilines is 1. The molecule has 5 rings (SSSR count). The lowest BCUT2D eigenvalue weighted by atomic mass is 9.75. The van der Waals surface area contributed by atoms with E-state index in [-0.39, 0.29) is 18.1 Å². The molecule has 7 nitrogen and oxygen atoms in total. The summed E-state index contributed by atoms with van der Waals surface area (Å²) in [5.41, 5.74) is 3.56. The number of imidazole rings is 1. The Morgan fingerprint density at radius 2 is 2.00 bits per heavy atom. The number of likely N-dealkylation sites (tertiary alicyclic amines) is 1. The molecule has 0 radical (unpaired) electrons. The number of hydrogen-bond donors (Lipinski definition) is 0. The van der Waals surface area contributed by atoms with Crippen LogP contribution in [0.2, 0.25) is 5.02 Å². The van der Waals surface area contributed by atoms with Crippen LogP contribution in [0.1, 0.15) is 69.2 Å². The van der Waals surface area contributed by atoms with E-state index in [4.69, 9.17) is 21.3 Å². The third-order valence-electron chi connectivity index (χ3n) is 7.28. The van der Waals surface area contributed by atoms with Crippen molar-refractivity contribution >= 4 is 29.3 Å². The first-order chi connectivity index (χ1) is 16.3. The van der Waals surface area contributed by atoms with Gasteiger partial charge < -0.3 is 19.1 Å². The van der Waals surface area contributed by atoms with E-state index in [2.05, 4.69) is 11.5 Å². The highest BCUT2D eigenvalue weighted by atomic mass is 35.5. The number of benzene rings is 1. The van der Waals surface area contributed by atoms with Crippen LogP contribution in [0.3, 0.4) is 0 Å². The summed E-state index contributed by atoms with van der Waals surface area (Å²) < 4.78 is 7.70. The summed E-state index contributed by atoms with van der Waals surface area (Å²) in [7, 11) is 0. The molecule has 0 N–H and O–H groups in total. The van der Waals surface area contributed by atoms with Crippen LogP contribution in [0.5, 0.6) is 0 Å². The van der Waals surface area contributed by atoms with Crippen molar-refractivity contribution in [3.05, 3.63) is 46.0 Å². The molecular weight excluding hydrogens is 452 g/mol. The summed E-state index contributed by atoms with van der Waals surface area (Å²) in [5, 5.41) is 0.595. The second kappa shape index (κ2) is 8.91. The molecule has 2 amide bonds. The molecule has 1 aromatic heterocycles. The standard InChI is InChI=1S/C26H33ClN4O3/c1-4-5-12-30-21-9-7-6-8-20(21)28-23(30)14-31-22-13-18(27)10-11-19(22)26(24(31)32)15-29(16-26)25(33)34-17(2)3/h10-11,13,17H,4-9,12,14-16H2,1-3H3. The number of carbonyl (C=O) groups excluding carboxylic acids is 2. The van der Waals surface area contributed by atoms with Gasteiger partial charge in [-0.05, 0) is 63.6 Å². The van der Waals surface area contributed by atoms with Gasteiger partial charge in [-0.15, -0.1) is 0 Å². The zero-order valence-corrected chi connectivity index (χ0v) is 21.0. The molecule has 0 saturated carbocycles. The van der Waals surface area contributed by atoms with Crippen molar-refractivity contribution in [2.24, 2.45) is 0 Å². The van der Waals surface area contributed by atoms with Crippen LogP contribution in [0.15, 0.2) is 18.2 Å². The number of ether oxygens (including phenoxy) is 1. The van der Waals surface area contributed by atoms with Gasteiger partial charge in [0.15, 0.2) is 0 Å².